The summed E-state index contributed by atoms with van der Waals surface area (Å²) in [7, 11) is 1.83. The van der Waals surface area contributed by atoms with Gasteiger partial charge in [0.05, 0.1) is 19.6 Å². The molecule has 0 saturated carbocycles. The van der Waals surface area contributed by atoms with Crippen molar-refractivity contribution in [3.05, 3.63) is 47.3 Å². The van der Waals surface area contributed by atoms with Crippen LogP contribution in [-0.2, 0) is 11.3 Å². The normalized spacial score (nSPS) is 17.9. The SMILES string of the molecule is Cc1cc(C(=O)CN(C)CC(=O)N2CCCC2)c(C)n1C[C@H]1COc2ccccc2O1. The maximum Gasteiger partial charge on any atom is 0.236 e. The Hall–Kier alpha value is -2.80. The summed E-state index contributed by atoms with van der Waals surface area (Å²) in [6.45, 7) is 7.21. The second-order valence-corrected chi connectivity index (χ2v) is 8.58. The summed E-state index contributed by atoms with van der Waals surface area (Å²) in [4.78, 5) is 29.0. The molecule has 1 amide bonds. The Morgan fingerprint density at radius 2 is 1.81 bits per heavy atom. The minimum absolute atomic E-state index is 0.0298. The van der Waals surface area contributed by atoms with Crippen molar-refractivity contribution in [2.75, 3.05) is 39.8 Å². The van der Waals surface area contributed by atoms with Crippen LogP contribution in [0.3, 0.4) is 0 Å². The smallest absolute Gasteiger partial charge is 0.236 e. The highest BCUT2D eigenvalue weighted by Crippen LogP contribution is 2.31. The molecule has 31 heavy (non-hydrogen) atoms. The van der Waals surface area contributed by atoms with Crippen LogP contribution >= 0.6 is 0 Å². The van der Waals surface area contributed by atoms with E-state index in [9.17, 15) is 9.59 Å². The van der Waals surface area contributed by atoms with Gasteiger partial charge in [-0.25, -0.2) is 0 Å². The highest BCUT2D eigenvalue weighted by Gasteiger charge is 2.25. The number of hydrogen-bond acceptors (Lipinski definition) is 5. The molecule has 0 N–H and O–H groups in total. The zero-order valence-electron chi connectivity index (χ0n) is 18.6. The molecule has 2 aliphatic heterocycles. The lowest BCUT2D eigenvalue weighted by molar-refractivity contribution is -0.130. The molecule has 2 aromatic rings. The van der Waals surface area contributed by atoms with Crippen molar-refractivity contribution in [1.82, 2.24) is 14.4 Å². The highest BCUT2D eigenvalue weighted by atomic mass is 16.6. The molecule has 4 rings (SSSR count). The van der Waals surface area contributed by atoms with Crippen LogP contribution in [0.2, 0.25) is 0 Å². The van der Waals surface area contributed by atoms with Gasteiger partial charge in [0.2, 0.25) is 5.91 Å². The van der Waals surface area contributed by atoms with Crippen LogP contribution in [0.4, 0.5) is 0 Å². The number of Topliss-reactive ketones (excluding diaryl/α,β-unsaturated/α-hetero) is 1. The van der Waals surface area contributed by atoms with E-state index in [-0.39, 0.29) is 30.9 Å². The van der Waals surface area contributed by atoms with Gasteiger partial charge < -0.3 is 18.9 Å². The number of benzene rings is 1. The minimum Gasteiger partial charge on any atom is -0.486 e. The first-order valence-corrected chi connectivity index (χ1v) is 11.0. The summed E-state index contributed by atoms with van der Waals surface area (Å²) in [5, 5.41) is 0. The number of rotatable bonds is 7. The Bertz CT molecular complexity index is 962. The quantitative estimate of drug-likeness (QED) is 0.639. The fourth-order valence-electron chi connectivity index (χ4n) is 4.40. The number of ether oxygens (including phenoxy) is 2. The number of carbonyl (C=O) groups excluding carboxylic acids is 2. The average Bonchev–Trinajstić information content (AvgIpc) is 3.38. The molecule has 0 unspecified atom stereocenters. The largest absolute Gasteiger partial charge is 0.486 e. The number of carbonyl (C=O) groups is 2. The monoisotopic (exact) mass is 425 g/mol. The van der Waals surface area contributed by atoms with Gasteiger partial charge in [0.15, 0.2) is 23.4 Å². The standard InChI is InChI=1S/C24H31N3O4/c1-17-12-20(21(28)14-25(3)15-24(29)26-10-6-7-11-26)18(2)27(17)13-19-16-30-22-8-4-5-9-23(22)31-19/h4-5,8-9,12,19H,6-7,10-11,13-16H2,1-3H3/t19-/m0/s1. The number of nitrogens with zero attached hydrogens (tertiary/aromatic N) is 3. The highest BCUT2D eigenvalue weighted by molar-refractivity contribution is 5.99. The molecular formula is C24H31N3O4. The van der Waals surface area contributed by atoms with E-state index >= 15 is 0 Å². The van der Waals surface area contributed by atoms with E-state index in [1.54, 1.807) is 0 Å². The lowest BCUT2D eigenvalue weighted by atomic mass is 10.1. The molecule has 1 saturated heterocycles. The van der Waals surface area contributed by atoms with E-state index in [0.717, 1.165) is 48.8 Å². The van der Waals surface area contributed by atoms with Crippen molar-refractivity contribution >= 4 is 11.7 Å². The molecule has 0 spiro atoms. The molecule has 1 aromatic heterocycles. The van der Waals surface area contributed by atoms with Crippen LogP contribution in [0.25, 0.3) is 0 Å². The van der Waals surface area contributed by atoms with E-state index in [0.29, 0.717) is 18.7 Å². The van der Waals surface area contributed by atoms with E-state index in [2.05, 4.69) is 4.57 Å². The Balaban J connectivity index is 1.38. The molecule has 3 heterocycles. The first kappa shape index (κ1) is 21.4. The van der Waals surface area contributed by atoms with Crippen LogP contribution in [-0.4, -0.2) is 72.0 Å². The van der Waals surface area contributed by atoms with Crippen molar-refractivity contribution in [1.29, 1.82) is 0 Å². The first-order valence-electron chi connectivity index (χ1n) is 11.0. The molecule has 1 atom stereocenters. The van der Waals surface area contributed by atoms with Crippen LogP contribution in [0.5, 0.6) is 11.5 Å². The van der Waals surface area contributed by atoms with E-state index in [1.165, 1.54) is 0 Å². The van der Waals surface area contributed by atoms with E-state index in [4.69, 9.17) is 9.47 Å². The Morgan fingerprint density at radius 1 is 1.10 bits per heavy atom. The summed E-state index contributed by atoms with van der Waals surface area (Å²) in [5.41, 5.74) is 2.64. The Kier molecular flexibility index (Phi) is 6.32. The van der Waals surface area contributed by atoms with Crippen LogP contribution in [0.15, 0.2) is 30.3 Å². The van der Waals surface area contributed by atoms with Crippen molar-refractivity contribution in [3.8, 4) is 11.5 Å². The minimum atomic E-state index is -0.122. The number of hydrogen-bond donors (Lipinski definition) is 0. The zero-order valence-corrected chi connectivity index (χ0v) is 18.6. The fourth-order valence-corrected chi connectivity index (χ4v) is 4.40. The second-order valence-electron chi connectivity index (χ2n) is 8.58. The van der Waals surface area contributed by atoms with Crippen molar-refractivity contribution in [2.24, 2.45) is 0 Å². The lowest BCUT2D eigenvalue weighted by Gasteiger charge is -2.27. The molecule has 0 bridgehead atoms. The third kappa shape index (κ3) is 4.77. The molecule has 166 valence electrons. The topological polar surface area (TPSA) is 64.0 Å². The lowest BCUT2D eigenvalue weighted by Crippen LogP contribution is -2.39. The van der Waals surface area contributed by atoms with Gasteiger partial charge in [-0.1, -0.05) is 12.1 Å². The predicted octanol–water partition coefficient (Wildman–Crippen LogP) is 2.68. The number of amides is 1. The van der Waals surface area contributed by atoms with Gasteiger partial charge >= 0.3 is 0 Å². The summed E-state index contributed by atoms with van der Waals surface area (Å²) in [6, 6.07) is 9.60. The molecule has 0 aliphatic carbocycles. The second kappa shape index (κ2) is 9.14. The van der Waals surface area contributed by atoms with Crippen LogP contribution in [0.1, 0.15) is 34.6 Å². The molecule has 1 aromatic carbocycles. The van der Waals surface area contributed by atoms with Gasteiger partial charge in [-0.15, -0.1) is 0 Å². The number of aromatic nitrogens is 1. The first-order chi connectivity index (χ1) is 14.9. The number of para-hydroxylation sites is 2. The number of fused-ring (bicyclic) bond motifs is 1. The van der Waals surface area contributed by atoms with Crippen molar-refractivity contribution in [2.45, 2.75) is 39.3 Å². The molecule has 2 aliphatic rings. The predicted molar refractivity (Wildman–Crippen MR) is 118 cm³/mol. The third-order valence-corrected chi connectivity index (χ3v) is 6.11. The molecule has 7 heteroatoms. The Labute approximate surface area is 183 Å². The molecule has 0 radical (unpaired) electrons. The van der Waals surface area contributed by atoms with Gasteiger partial charge in [-0.05, 0) is 51.9 Å². The van der Waals surface area contributed by atoms with Crippen molar-refractivity contribution < 1.29 is 19.1 Å². The number of likely N-dealkylation sites (tertiary alicyclic amines) is 1. The van der Waals surface area contributed by atoms with Gasteiger partial charge in [-0.3, -0.25) is 14.5 Å². The number of aryl methyl sites for hydroxylation is 1. The van der Waals surface area contributed by atoms with Gasteiger partial charge in [0.1, 0.15) is 6.61 Å². The maximum atomic E-state index is 13.0. The molecule has 1 fully saturated rings. The maximum absolute atomic E-state index is 13.0. The zero-order chi connectivity index (χ0) is 22.0. The molecule has 7 nitrogen and oxygen atoms in total. The van der Waals surface area contributed by atoms with E-state index in [1.807, 2.05) is 61.0 Å². The van der Waals surface area contributed by atoms with Gasteiger partial charge in [-0.2, -0.15) is 0 Å². The number of ketones is 1. The fraction of sp³-hybridized carbons (Fsp3) is 0.500. The summed E-state index contributed by atoms with van der Waals surface area (Å²) < 4.78 is 14.0. The summed E-state index contributed by atoms with van der Waals surface area (Å²) >= 11 is 0. The van der Waals surface area contributed by atoms with E-state index < -0.39 is 0 Å². The van der Waals surface area contributed by atoms with Crippen molar-refractivity contribution in [3.63, 3.8) is 0 Å². The summed E-state index contributed by atoms with van der Waals surface area (Å²) in [6.07, 6.45) is 2.02. The van der Waals surface area contributed by atoms with Crippen LogP contribution in [0, 0.1) is 13.8 Å². The molecular weight excluding hydrogens is 394 g/mol. The Morgan fingerprint density at radius 3 is 2.55 bits per heavy atom. The van der Waals surface area contributed by atoms with Gasteiger partial charge in [0, 0.05) is 30.0 Å². The van der Waals surface area contributed by atoms with Crippen LogP contribution < -0.4 is 9.47 Å². The summed E-state index contributed by atoms with van der Waals surface area (Å²) in [5.74, 6) is 1.65. The average molecular weight is 426 g/mol. The number of likely N-dealkylation sites (N-methyl/N-ethyl adjacent to an activating group) is 1. The van der Waals surface area contributed by atoms with Gasteiger partial charge in [0.25, 0.3) is 0 Å². The third-order valence-electron chi connectivity index (χ3n) is 6.11.